The van der Waals surface area contributed by atoms with Crippen LogP contribution < -0.4 is 5.48 Å². The summed E-state index contributed by atoms with van der Waals surface area (Å²) < 4.78 is 0. The Hall–Kier alpha value is -3.79. The molecular formula is C34H38ClN5O4. The molecule has 3 aromatic rings. The molecule has 10 heteroatoms. The van der Waals surface area contributed by atoms with Crippen molar-refractivity contribution in [2.75, 3.05) is 33.2 Å². The minimum absolute atomic E-state index is 0.0967. The largest absolute Gasteiger partial charge is 0.340 e. The Bertz CT molecular complexity index is 1480. The van der Waals surface area contributed by atoms with Crippen LogP contribution in [0.15, 0.2) is 72.9 Å². The van der Waals surface area contributed by atoms with Crippen molar-refractivity contribution in [3.05, 3.63) is 100 Å². The summed E-state index contributed by atoms with van der Waals surface area (Å²) in [6.07, 6.45) is 4.89. The summed E-state index contributed by atoms with van der Waals surface area (Å²) in [5.41, 5.74) is 5.21. The van der Waals surface area contributed by atoms with Gasteiger partial charge in [-0.3, -0.25) is 24.2 Å². The lowest BCUT2D eigenvalue weighted by Gasteiger charge is -2.49. The molecule has 1 saturated heterocycles. The Morgan fingerprint density at radius 2 is 1.68 bits per heavy atom. The molecule has 2 fully saturated rings. The second-order valence-corrected chi connectivity index (χ2v) is 12.4. The van der Waals surface area contributed by atoms with E-state index in [0.717, 1.165) is 31.5 Å². The molecule has 1 N–H and O–H groups in total. The number of fused-ring (bicyclic) bond motifs is 1. The maximum Gasteiger partial charge on any atom is 0.254 e. The van der Waals surface area contributed by atoms with Crippen LogP contribution in [0.1, 0.15) is 64.8 Å². The van der Waals surface area contributed by atoms with E-state index < -0.39 is 12.0 Å². The van der Waals surface area contributed by atoms with Crippen LogP contribution >= 0.6 is 11.6 Å². The molecule has 3 amide bonds. The molecule has 44 heavy (non-hydrogen) atoms. The monoisotopic (exact) mass is 615 g/mol. The quantitative estimate of drug-likeness (QED) is 0.391. The number of rotatable bonds is 7. The number of nitrogens with one attached hydrogen (secondary N) is 1. The van der Waals surface area contributed by atoms with Crippen LogP contribution in [0, 0.1) is 5.92 Å². The van der Waals surface area contributed by atoms with Gasteiger partial charge in [0.1, 0.15) is 6.61 Å². The number of hydrogen-bond donors (Lipinski definition) is 1. The van der Waals surface area contributed by atoms with Crippen molar-refractivity contribution in [3.8, 4) is 0 Å². The number of amides is 3. The number of aromatic nitrogens is 1. The van der Waals surface area contributed by atoms with Crippen molar-refractivity contribution in [2.24, 2.45) is 5.92 Å². The Morgan fingerprint density at radius 3 is 2.43 bits per heavy atom. The van der Waals surface area contributed by atoms with Gasteiger partial charge in [0.15, 0.2) is 0 Å². The highest BCUT2D eigenvalue weighted by atomic mass is 35.5. The number of benzene rings is 2. The third-order valence-electron chi connectivity index (χ3n) is 9.21. The Morgan fingerprint density at radius 1 is 0.955 bits per heavy atom. The highest BCUT2D eigenvalue weighted by Gasteiger charge is 2.50. The zero-order chi connectivity index (χ0) is 30.6. The van der Waals surface area contributed by atoms with Crippen LogP contribution in [0.3, 0.4) is 0 Å². The summed E-state index contributed by atoms with van der Waals surface area (Å²) in [5.74, 6) is -1.56. The van der Waals surface area contributed by atoms with Crippen molar-refractivity contribution in [1.82, 2.24) is 25.2 Å². The fourth-order valence-corrected chi connectivity index (χ4v) is 7.06. The number of likely N-dealkylation sites (N-methyl/N-ethyl adjacent to an activating group) is 1. The first-order valence-electron chi connectivity index (χ1n) is 15.4. The molecule has 1 aliphatic carbocycles. The molecule has 3 heterocycles. The maximum atomic E-state index is 14.5. The summed E-state index contributed by atoms with van der Waals surface area (Å²) in [6, 6.07) is 19.0. The minimum atomic E-state index is -0.782. The lowest BCUT2D eigenvalue weighted by atomic mass is 9.75. The van der Waals surface area contributed by atoms with Gasteiger partial charge >= 0.3 is 0 Å². The Kier molecular flexibility index (Phi) is 9.25. The Balaban J connectivity index is 1.38. The lowest BCUT2D eigenvalue weighted by molar-refractivity contribution is -0.142. The average molecular weight is 616 g/mol. The summed E-state index contributed by atoms with van der Waals surface area (Å²) in [5, 5.41) is 0.559. The van der Waals surface area contributed by atoms with Crippen molar-refractivity contribution >= 4 is 29.3 Å². The third kappa shape index (κ3) is 6.22. The number of pyridine rings is 1. The number of hydroxylamine groups is 1. The van der Waals surface area contributed by atoms with E-state index in [1.807, 2.05) is 58.3 Å². The van der Waals surface area contributed by atoms with Crippen LogP contribution in [-0.2, 0) is 21.0 Å². The number of carbonyl (C=O) groups excluding carboxylic acids is 3. The standard InChI is InChI=1S/C34H38ClN5O4/c1-38-18-20-39(21-19-38)33(42)28-11-4-5-12-29(28)40-31(23-13-15-24(35)16-14-23)30(26-9-2-3-10-27(26)34(40)43)32(41)37-44-22-25-8-6-7-17-36-25/h2-3,6-10,13-17,28-31H,4-5,11-12,18-22H2,1H3,(H,37,41). The zero-order valence-corrected chi connectivity index (χ0v) is 25.7. The van der Waals surface area contributed by atoms with Gasteiger partial charge in [-0.2, -0.15) is 0 Å². The SMILES string of the molecule is CN1CCN(C(=O)C2CCCCC2N2C(=O)c3ccccc3C(C(=O)NOCc3ccccn3)C2c2ccc(Cl)cc2)CC1. The number of piperazine rings is 1. The third-order valence-corrected chi connectivity index (χ3v) is 9.46. The predicted molar refractivity (Wildman–Crippen MR) is 167 cm³/mol. The molecule has 9 nitrogen and oxygen atoms in total. The van der Waals surface area contributed by atoms with Gasteiger partial charge in [0.05, 0.1) is 23.6 Å². The van der Waals surface area contributed by atoms with E-state index in [9.17, 15) is 14.4 Å². The van der Waals surface area contributed by atoms with Crippen molar-refractivity contribution < 1.29 is 19.2 Å². The summed E-state index contributed by atoms with van der Waals surface area (Å²) in [6.45, 7) is 3.10. The fraction of sp³-hybridized carbons (Fsp3) is 0.412. The van der Waals surface area contributed by atoms with Crippen LogP contribution in [0.4, 0.5) is 0 Å². The summed E-state index contributed by atoms with van der Waals surface area (Å²) in [4.78, 5) is 58.7. The first-order valence-corrected chi connectivity index (χ1v) is 15.8. The molecular weight excluding hydrogens is 578 g/mol. The molecule has 0 spiro atoms. The number of halogens is 1. The molecule has 2 aliphatic heterocycles. The predicted octanol–water partition coefficient (Wildman–Crippen LogP) is 4.60. The number of hydrogen-bond acceptors (Lipinski definition) is 6. The number of nitrogens with zero attached hydrogens (tertiary/aromatic N) is 4. The van der Waals surface area contributed by atoms with E-state index in [1.54, 1.807) is 24.4 Å². The molecule has 1 saturated carbocycles. The van der Waals surface area contributed by atoms with Crippen LogP contribution in [-0.4, -0.2) is 76.7 Å². The van der Waals surface area contributed by atoms with E-state index in [0.29, 0.717) is 47.8 Å². The molecule has 0 radical (unpaired) electrons. The topological polar surface area (TPSA) is 95.1 Å². The molecule has 3 aliphatic rings. The minimum Gasteiger partial charge on any atom is -0.340 e. The van der Waals surface area contributed by atoms with Gasteiger partial charge in [-0.15, -0.1) is 0 Å². The van der Waals surface area contributed by atoms with E-state index >= 15 is 0 Å². The van der Waals surface area contributed by atoms with Crippen molar-refractivity contribution in [3.63, 3.8) is 0 Å². The maximum absolute atomic E-state index is 14.5. The van der Waals surface area contributed by atoms with Gasteiger partial charge < -0.3 is 14.7 Å². The first kappa shape index (κ1) is 30.2. The molecule has 230 valence electrons. The lowest BCUT2D eigenvalue weighted by Crippen LogP contribution is -2.58. The first-order chi connectivity index (χ1) is 21.4. The van der Waals surface area contributed by atoms with Gasteiger partial charge in [-0.1, -0.05) is 60.8 Å². The van der Waals surface area contributed by atoms with Crippen molar-refractivity contribution in [2.45, 2.75) is 50.3 Å². The van der Waals surface area contributed by atoms with Gasteiger partial charge in [-0.25, -0.2) is 5.48 Å². The van der Waals surface area contributed by atoms with Crippen molar-refractivity contribution in [1.29, 1.82) is 0 Å². The van der Waals surface area contributed by atoms with Gasteiger partial charge in [0.2, 0.25) is 5.91 Å². The smallest absolute Gasteiger partial charge is 0.254 e. The Labute approximate surface area is 263 Å². The second-order valence-electron chi connectivity index (χ2n) is 11.9. The summed E-state index contributed by atoms with van der Waals surface area (Å²) >= 11 is 6.29. The van der Waals surface area contributed by atoms with Crippen LogP contribution in [0.5, 0.6) is 0 Å². The van der Waals surface area contributed by atoms with E-state index in [1.165, 1.54) is 0 Å². The molecule has 2 aromatic carbocycles. The van der Waals surface area contributed by atoms with Gasteiger partial charge in [0.25, 0.3) is 11.8 Å². The highest BCUT2D eigenvalue weighted by molar-refractivity contribution is 6.30. The van der Waals surface area contributed by atoms with E-state index in [-0.39, 0.29) is 36.3 Å². The molecule has 4 atom stereocenters. The molecule has 1 aromatic heterocycles. The fourth-order valence-electron chi connectivity index (χ4n) is 6.94. The summed E-state index contributed by atoms with van der Waals surface area (Å²) in [7, 11) is 2.07. The van der Waals surface area contributed by atoms with Gasteiger partial charge in [-0.05, 0) is 61.3 Å². The zero-order valence-electron chi connectivity index (χ0n) is 24.9. The average Bonchev–Trinajstić information content (AvgIpc) is 3.05. The molecule has 4 unspecified atom stereocenters. The van der Waals surface area contributed by atoms with E-state index in [4.69, 9.17) is 16.4 Å². The normalized spacial score (nSPS) is 24.1. The highest BCUT2D eigenvalue weighted by Crippen LogP contribution is 2.47. The second kappa shape index (κ2) is 13.5. The van der Waals surface area contributed by atoms with Crippen LogP contribution in [0.25, 0.3) is 0 Å². The van der Waals surface area contributed by atoms with Gasteiger partial charge in [0, 0.05) is 49.0 Å². The van der Waals surface area contributed by atoms with E-state index in [2.05, 4.69) is 22.4 Å². The number of carbonyl (C=O) groups is 3. The van der Waals surface area contributed by atoms with Crippen LogP contribution in [0.2, 0.25) is 5.02 Å². The molecule has 0 bridgehead atoms. The molecule has 6 rings (SSSR count).